The van der Waals surface area contributed by atoms with Gasteiger partial charge in [0.25, 0.3) is 0 Å². The fraction of sp³-hybridized carbons (Fsp3) is 0.357. The average Bonchev–Trinajstić information content (AvgIpc) is 2.30. The van der Waals surface area contributed by atoms with Crippen molar-refractivity contribution in [3.8, 4) is 0 Å². The zero-order valence-corrected chi connectivity index (χ0v) is 11.7. The Labute approximate surface area is 111 Å². The molecule has 0 aliphatic rings. The first-order valence-corrected chi connectivity index (χ1v) is 6.51. The van der Waals surface area contributed by atoms with E-state index < -0.39 is 0 Å². The Hall–Kier alpha value is -1.09. The normalized spacial score (nSPS) is 13.2. The molecule has 0 unspecified atom stereocenters. The van der Waals surface area contributed by atoms with E-state index in [1.165, 1.54) is 5.56 Å². The highest BCUT2D eigenvalue weighted by molar-refractivity contribution is 9.12. The van der Waals surface area contributed by atoms with E-state index in [4.69, 9.17) is 4.74 Å². The van der Waals surface area contributed by atoms with Crippen molar-refractivity contribution in [1.29, 1.82) is 0 Å². The van der Waals surface area contributed by atoms with Gasteiger partial charge in [-0.1, -0.05) is 43.3 Å². The zero-order chi connectivity index (χ0) is 12.7. The van der Waals surface area contributed by atoms with E-state index in [-0.39, 0.29) is 11.9 Å². The third kappa shape index (κ3) is 5.18. The number of ether oxygens (including phenoxy) is 1. The number of halogens is 1. The van der Waals surface area contributed by atoms with Gasteiger partial charge in [0.15, 0.2) is 0 Å². The predicted octanol–water partition coefficient (Wildman–Crippen LogP) is 3.71. The van der Waals surface area contributed by atoms with Crippen LogP contribution in [0.15, 0.2) is 40.9 Å². The molecular weight excluding hydrogens is 280 g/mol. The standard InChI is InChI=1S/C14H17BrO2/c1-3-17-14(16)13(15)10-11(2)9-12-7-5-4-6-8-12/h4-8,10-11H,3,9H2,1-2H3/b13-10-/t11-/m1/s1. The molecule has 92 valence electrons. The first kappa shape index (κ1) is 14.0. The van der Waals surface area contributed by atoms with Crippen LogP contribution in [0.3, 0.4) is 0 Å². The Bertz CT molecular complexity index is 384. The van der Waals surface area contributed by atoms with Gasteiger partial charge in [-0.2, -0.15) is 0 Å². The summed E-state index contributed by atoms with van der Waals surface area (Å²) in [5.41, 5.74) is 1.26. The maximum atomic E-state index is 11.4. The van der Waals surface area contributed by atoms with Gasteiger partial charge in [0, 0.05) is 0 Å². The number of carbonyl (C=O) groups excluding carboxylic acids is 1. The Morgan fingerprint density at radius 3 is 2.65 bits per heavy atom. The average molecular weight is 297 g/mol. The summed E-state index contributed by atoms with van der Waals surface area (Å²) in [5.74, 6) is -0.0106. The second-order valence-corrected chi connectivity index (χ2v) is 4.76. The molecule has 0 aliphatic carbocycles. The Morgan fingerprint density at radius 2 is 2.06 bits per heavy atom. The largest absolute Gasteiger partial charge is 0.462 e. The van der Waals surface area contributed by atoms with E-state index in [9.17, 15) is 4.79 Å². The molecule has 0 heterocycles. The summed E-state index contributed by atoms with van der Waals surface area (Å²) in [6, 6.07) is 10.2. The van der Waals surface area contributed by atoms with Crippen LogP contribution in [0.4, 0.5) is 0 Å². The van der Waals surface area contributed by atoms with Gasteiger partial charge in [-0.05, 0) is 40.8 Å². The third-order valence-electron chi connectivity index (χ3n) is 2.30. The monoisotopic (exact) mass is 296 g/mol. The number of carbonyl (C=O) groups is 1. The highest BCUT2D eigenvalue weighted by Crippen LogP contribution is 2.15. The molecule has 1 rings (SSSR count). The van der Waals surface area contributed by atoms with Gasteiger partial charge in [-0.25, -0.2) is 4.79 Å². The lowest BCUT2D eigenvalue weighted by Crippen LogP contribution is -2.05. The van der Waals surface area contributed by atoms with Gasteiger partial charge < -0.3 is 4.74 Å². The smallest absolute Gasteiger partial charge is 0.344 e. The molecule has 3 heteroatoms. The van der Waals surface area contributed by atoms with Crippen molar-refractivity contribution in [2.45, 2.75) is 20.3 Å². The van der Waals surface area contributed by atoms with Crippen LogP contribution >= 0.6 is 15.9 Å². The number of rotatable bonds is 5. The topological polar surface area (TPSA) is 26.3 Å². The van der Waals surface area contributed by atoms with E-state index in [2.05, 4.69) is 35.0 Å². The van der Waals surface area contributed by atoms with Gasteiger partial charge in [0.1, 0.15) is 0 Å². The van der Waals surface area contributed by atoms with E-state index in [0.29, 0.717) is 11.1 Å². The van der Waals surface area contributed by atoms with E-state index in [0.717, 1.165) is 6.42 Å². The fourth-order valence-corrected chi connectivity index (χ4v) is 2.13. The molecule has 1 aromatic carbocycles. The second-order valence-electron chi connectivity index (χ2n) is 3.90. The van der Waals surface area contributed by atoms with Gasteiger partial charge in [-0.3, -0.25) is 0 Å². The zero-order valence-electron chi connectivity index (χ0n) is 10.2. The van der Waals surface area contributed by atoms with Crippen LogP contribution in [0.5, 0.6) is 0 Å². The van der Waals surface area contributed by atoms with Crippen molar-refractivity contribution in [3.63, 3.8) is 0 Å². The molecule has 0 saturated heterocycles. The first-order valence-electron chi connectivity index (χ1n) is 5.71. The maximum absolute atomic E-state index is 11.4. The summed E-state index contributed by atoms with van der Waals surface area (Å²) in [4.78, 5) is 11.4. The number of allylic oxidation sites excluding steroid dienone is 1. The third-order valence-corrected chi connectivity index (χ3v) is 2.89. The Morgan fingerprint density at radius 1 is 1.41 bits per heavy atom. The minimum absolute atomic E-state index is 0.288. The predicted molar refractivity (Wildman–Crippen MR) is 73.0 cm³/mol. The first-order chi connectivity index (χ1) is 8.13. The SMILES string of the molecule is CCOC(=O)/C(Br)=C/[C@H](C)Cc1ccccc1. The van der Waals surface area contributed by atoms with Crippen LogP contribution in [-0.2, 0) is 16.0 Å². The van der Waals surface area contributed by atoms with Crippen molar-refractivity contribution in [2.75, 3.05) is 6.61 Å². The minimum atomic E-state index is -0.299. The van der Waals surface area contributed by atoms with Gasteiger partial charge in [0.2, 0.25) is 0 Å². The van der Waals surface area contributed by atoms with Gasteiger partial charge in [-0.15, -0.1) is 0 Å². The molecule has 1 atom stereocenters. The summed E-state index contributed by atoms with van der Waals surface area (Å²) in [7, 11) is 0. The Kier molecular flexibility index (Phi) is 5.98. The minimum Gasteiger partial charge on any atom is -0.462 e. The maximum Gasteiger partial charge on any atom is 0.344 e. The highest BCUT2D eigenvalue weighted by atomic mass is 79.9. The molecule has 0 radical (unpaired) electrons. The quantitative estimate of drug-likeness (QED) is 0.612. The molecule has 1 aromatic rings. The Balaban J connectivity index is 2.56. The van der Waals surface area contributed by atoms with E-state index in [1.807, 2.05) is 24.3 Å². The summed E-state index contributed by atoms with van der Waals surface area (Å²) < 4.78 is 5.40. The van der Waals surface area contributed by atoms with Crippen molar-refractivity contribution in [1.82, 2.24) is 0 Å². The molecule has 0 aromatic heterocycles. The number of hydrogen-bond acceptors (Lipinski definition) is 2. The molecule has 0 fully saturated rings. The van der Waals surface area contributed by atoms with Crippen LogP contribution in [0.2, 0.25) is 0 Å². The lowest BCUT2D eigenvalue weighted by atomic mass is 10.0. The fourth-order valence-electron chi connectivity index (χ4n) is 1.56. The van der Waals surface area contributed by atoms with Crippen molar-refractivity contribution in [3.05, 3.63) is 46.5 Å². The second kappa shape index (κ2) is 7.28. The van der Waals surface area contributed by atoms with Crippen LogP contribution in [-0.4, -0.2) is 12.6 Å². The van der Waals surface area contributed by atoms with E-state index in [1.54, 1.807) is 6.92 Å². The molecule has 0 N–H and O–H groups in total. The lowest BCUT2D eigenvalue weighted by molar-refractivity contribution is -0.137. The van der Waals surface area contributed by atoms with Gasteiger partial charge >= 0.3 is 5.97 Å². The van der Waals surface area contributed by atoms with Crippen molar-refractivity contribution in [2.24, 2.45) is 5.92 Å². The molecule has 0 saturated carbocycles. The van der Waals surface area contributed by atoms with Crippen molar-refractivity contribution < 1.29 is 9.53 Å². The molecule has 0 aliphatic heterocycles. The molecule has 2 nitrogen and oxygen atoms in total. The number of esters is 1. The molecular formula is C14H17BrO2. The molecule has 17 heavy (non-hydrogen) atoms. The van der Waals surface area contributed by atoms with Crippen LogP contribution < -0.4 is 0 Å². The molecule has 0 amide bonds. The van der Waals surface area contributed by atoms with Gasteiger partial charge in [0.05, 0.1) is 11.1 Å². The summed E-state index contributed by atoms with van der Waals surface area (Å²) in [6.07, 6.45) is 2.81. The van der Waals surface area contributed by atoms with E-state index >= 15 is 0 Å². The highest BCUT2D eigenvalue weighted by Gasteiger charge is 2.09. The summed E-state index contributed by atoms with van der Waals surface area (Å²) >= 11 is 3.24. The lowest BCUT2D eigenvalue weighted by Gasteiger charge is -2.07. The van der Waals surface area contributed by atoms with Crippen LogP contribution in [0.1, 0.15) is 19.4 Å². The van der Waals surface area contributed by atoms with Crippen LogP contribution in [0.25, 0.3) is 0 Å². The van der Waals surface area contributed by atoms with Crippen molar-refractivity contribution >= 4 is 21.9 Å². The summed E-state index contributed by atoms with van der Waals surface area (Å²) in [5, 5.41) is 0. The molecule has 0 spiro atoms. The molecule has 0 bridgehead atoms. The summed E-state index contributed by atoms with van der Waals surface area (Å²) in [6.45, 7) is 4.27. The number of hydrogen-bond donors (Lipinski definition) is 0. The van der Waals surface area contributed by atoms with Crippen LogP contribution in [0, 0.1) is 5.92 Å². The number of benzene rings is 1.